The molecule has 0 amide bonds. The van der Waals surface area contributed by atoms with Crippen LogP contribution in [-0.4, -0.2) is 38.5 Å². The number of aliphatic hydroxyl groups excluding tert-OH is 1. The number of aliphatic hydroxyl groups is 1. The van der Waals surface area contributed by atoms with Gasteiger partial charge in [-0.3, -0.25) is 9.58 Å². The molecule has 1 aliphatic rings. The lowest BCUT2D eigenvalue weighted by Gasteiger charge is -2.25. The fourth-order valence-corrected chi connectivity index (χ4v) is 3.48. The molecule has 0 radical (unpaired) electrons. The first-order valence-corrected chi connectivity index (χ1v) is 8.13. The van der Waals surface area contributed by atoms with Crippen molar-refractivity contribution in [2.24, 2.45) is 7.05 Å². The number of hydrogen-bond acceptors (Lipinski definition) is 3. The molecule has 4 heteroatoms. The lowest BCUT2D eigenvalue weighted by Crippen LogP contribution is -2.31. The molecule has 1 aliphatic heterocycles. The number of likely N-dealkylation sites (tertiary alicyclic amines) is 1. The standard InChI is InChI=1S/C18H25N3O/c1-14(22)11-17-9-6-10-21(17)13-16-12-20(2)19-18(16)15-7-4-3-5-8-15/h3-5,7-8,12,14,17,22H,6,9-11,13H2,1-2H3. The molecular formula is C18H25N3O. The Morgan fingerprint density at radius 1 is 1.32 bits per heavy atom. The van der Waals surface area contributed by atoms with E-state index in [9.17, 15) is 5.11 Å². The number of nitrogens with zero attached hydrogens (tertiary/aromatic N) is 3. The zero-order chi connectivity index (χ0) is 15.5. The Balaban J connectivity index is 1.81. The van der Waals surface area contributed by atoms with Gasteiger partial charge in [0.05, 0.1) is 11.8 Å². The molecule has 2 unspecified atom stereocenters. The minimum absolute atomic E-state index is 0.229. The molecule has 1 aromatic heterocycles. The minimum Gasteiger partial charge on any atom is -0.393 e. The van der Waals surface area contributed by atoms with Gasteiger partial charge in [-0.25, -0.2) is 0 Å². The van der Waals surface area contributed by atoms with Gasteiger partial charge in [0.15, 0.2) is 0 Å². The van der Waals surface area contributed by atoms with Gasteiger partial charge in [0.25, 0.3) is 0 Å². The van der Waals surface area contributed by atoms with Crippen molar-refractivity contribution >= 4 is 0 Å². The molecule has 1 saturated heterocycles. The number of rotatable bonds is 5. The third kappa shape index (κ3) is 3.39. The summed E-state index contributed by atoms with van der Waals surface area (Å²) >= 11 is 0. The number of hydrogen-bond donors (Lipinski definition) is 1. The topological polar surface area (TPSA) is 41.3 Å². The van der Waals surface area contributed by atoms with Crippen LogP contribution in [0.4, 0.5) is 0 Å². The van der Waals surface area contributed by atoms with Gasteiger partial charge >= 0.3 is 0 Å². The van der Waals surface area contributed by atoms with Crippen LogP contribution in [0.5, 0.6) is 0 Å². The van der Waals surface area contributed by atoms with Gasteiger partial charge < -0.3 is 5.11 Å². The first-order valence-electron chi connectivity index (χ1n) is 8.13. The van der Waals surface area contributed by atoms with Crippen molar-refractivity contribution in [1.29, 1.82) is 0 Å². The van der Waals surface area contributed by atoms with Gasteiger partial charge in [0, 0.05) is 37.0 Å². The van der Waals surface area contributed by atoms with E-state index >= 15 is 0 Å². The van der Waals surface area contributed by atoms with Crippen molar-refractivity contribution in [2.75, 3.05) is 6.54 Å². The Labute approximate surface area is 132 Å². The second-order valence-corrected chi connectivity index (χ2v) is 6.39. The molecule has 1 aromatic carbocycles. The van der Waals surface area contributed by atoms with E-state index < -0.39 is 0 Å². The fourth-order valence-electron chi connectivity index (χ4n) is 3.48. The first-order chi connectivity index (χ1) is 10.6. The maximum absolute atomic E-state index is 9.69. The van der Waals surface area contributed by atoms with Gasteiger partial charge in [-0.15, -0.1) is 0 Å². The third-order valence-electron chi connectivity index (χ3n) is 4.44. The Bertz CT molecular complexity index is 606. The summed E-state index contributed by atoms with van der Waals surface area (Å²) in [5.41, 5.74) is 3.52. The van der Waals surface area contributed by atoms with Crippen LogP contribution in [0.25, 0.3) is 11.3 Å². The average Bonchev–Trinajstić information content (AvgIpc) is 3.07. The van der Waals surface area contributed by atoms with Crippen LogP contribution in [0, 0.1) is 0 Å². The molecule has 2 atom stereocenters. The van der Waals surface area contributed by atoms with Crippen LogP contribution >= 0.6 is 0 Å². The van der Waals surface area contributed by atoms with E-state index in [2.05, 4.69) is 40.5 Å². The van der Waals surface area contributed by atoms with E-state index in [-0.39, 0.29) is 6.10 Å². The predicted molar refractivity (Wildman–Crippen MR) is 88.4 cm³/mol. The first kappa shape index (κ1) is 15.3. The maximum Gasteiger partial charge on any atom is 0.0968 e. The van der Waals surface area contributed by atoms with Crippen LogP contribution in [0.2, 0.25) is 0 Å². The summed E-state index contributed by atoms with van der Waals surface area (Å²) < 4.78 is 1.90. The second-order valence-electron chi connectivity index (χ2n) is 6.39. The Morgan fingerprint density at radius 2 is 2.09 bits per heavy atom. The number of benzene rings is 1. The SMILES string of the molecule is CC(O)CC1CCCN1Cc1cn(C)nc1-c1ccccc1. The van der Waals surface area contributed by atoms with E-state index in [1.54, 1.807) is 0 Å². The quantitative estimate of drug-likeness (QED) is 0.923. The molecule has 1 N–H and O–H groups in total. The monoisotopic (exact) mass is 299 g/mol. The molecular weight excluding hydrogens is 274 g/mol. The van der Waals surface area contributed by atoms with Crippen LogP contribution in [0.15, 0.2) is 36.5 Å². The van der Waals surface area contributed by atoms with Crippen molar-refractivity contribution in [2.45, 2.75) is 44.9 Å². The van der Waals surface area contributed by atoms with Crippen LogP contribution in [0.1, 0.15) is 31.7 Å². The zero-order valence-corrected chi connectivity index (χ0v) is 13.4. The lowest BCUT2D eigenvalue weighted by molar-refractivity contribution is 0.131. The summed E-state index contributed by atoms with van der Waals surface area (Å²) in [5, 5.41) is 14.3. The largest absolute Gasteiger partial charge is 0.393 e. The minimum atomic E-state index is -0.229. The summed E-state index contributed by atoms with van der Waals surface area (Å²) in [7, 11) is 1.98. The molecule has 0 bridgehead atoms. The van der Waals surface area contributed by atoms with E-state index in [0.29, 0.717) is 6.04 Å². The Morgan fingerprint density at radius 3 is 2.82 bits per heavy atom. The molecule has 0 aliphatic carbocycles. The highest BCUT2D eigenvalue weighted by Gasteiger charge is 2.26. The Kier molecular flexibility index (Phi) is 4.60. The summed E-state index contributed by atoms with van der Waals surface area (Å²) in [6, 6.07) is 10.9. The van der Waals surface area contributed by atoms with Gasteiger partial charge in [-0.05, 0) is 32.7 Å². The average molecular weight is 299 g/mol. The molecule has 0 spiro atoms. The molecule has 118 valence electrons. The third-order valence-corrected chi connectivity index (χ3v) is 4.44. The summed E-state index contributed by atoms with van der Waals surface area (Å²) in [6.45, 7) is 3.91. The van der Waals surface area contributed by atoms with E-state index in [1.165, 1.54) is 24.0 Å². The highest BCUT2D eigenvalue weighted by Crippen LogP contribution is 2.28. The predicted octanol–water partition coefficient (Wildman–Crippen LogP) is 2.82. The highest BCUT2D eigenvalue weighted by atomic mass is 16.3. The normalized spacial score (nSPS) is 20.4. The lowest BCUT2D eigenvalue weighted by atomic mass is 10.1. The Hall–Kier alpha value is -1.65. The van der Waals surface area contributed by atoms with Crippen molar-refractivity contribution in [3.05, 3.63) is 42.1 Å². The summed E-state index contributed by atoms with van der Waals surface area (Å²) in [6.07, 6.45) is 5.17. The van der Waals surface area contributed by atoms with Gasteiger partial charge in [0.1, 0.15) is 0 Å². The van der Waals surface area contributed by atoms with Crippen LogP contribution in [0.3, 0.4) is 0 Å². The number of aryl methyl sites for hydroxylation is 1. The summed E-state index contributed by atoms with van der Waals surface area (Å²) in [5.74, 6) is 0. The summed E-state index contributed by atoms with van der Waals surface area (Å²) in [4.78, 5) is 2.50. The van der Waals surface area contributed by atoms with Gasteiger partial charge in [0.2, 0.25) is 0 Å². The zero-order valence-electron chi connectivity index (χ0n) is 13.4. The second kappa shape index (κ2) is 6.63. The molecule has 2 heterocycles. The van der Waals surface area contributed by atoms with Gasteiger partial charge in [-0.2, -0.15) is 5.10 Å². The van der Waals surface area contributed by atoms with Crippen LogP contribution in [-0.2, 0) is 13.6 Å². The van der Waals surface area contributed by atoms with Crippen LogP contribution < -0.4 is 0 Å². The van der Waals surface area contributed by atoms with E-state index in [4.69, 9.17) is 0 Å². The van der Waals surface area contributed by atoms with Crippen molar-refractivity contribution in [3.8, 4) is 11.3 Å². The molecule has 4 nitrogen and oxygen atoms in total. The highest BCUT2D eigenvalue weighted by molar-refractivity contribution is 5.62. The molecule has 3 rings (SSSR count). The van der Waals surface area contributed by atoms with Crippen molar-refractivity contribution < 1.29 is 5.11 Å². The maximum atomic E-state index is 9.69. The fraction of sp³-hybridized carbons (Fsp3) is 0.500. The van der Waals surface area contributed by atoms with E-state index in [1.807, 2.05) is 24.7 Å². The molecule has 0 saturated carbocycles. The molecule has 22 heavy (non-hydrogen) atoms. The van der Waals surface area contributed by atoms with E-state index in [0.717, 1.165) is 25.2 Å². The molecule has 1 fully saturated rings. The van der Waals surface area contributed by atoms with Gasteiger partial charge in [-0.1, -0.05) is 30.3 Å². The molecule has 2 aromatic rings. The smallest absolute Gasteiger partial charge is 0.0968 e. The number of aromatic nitrogens is 2. The van der Waals surface area contributed by atoms with Crippen molar-refractivity contribution in [1.82, 2.24) is 14.7 Å². The van der Waals surface area contributed by atoms with Crippen molar-refractivity contribution in [3.63, 3.8) is 0 Å².